The highest BCUT2D eigenvalue weighted by atomic mass is 19.1. The van der Waals surface area contributed by atoms with E-state index in [0.29, 0.717) is 24.5 Å². The zero-order valence-corrected chi connectivity index (χ0v) is 15.6. The quantitative estimate of drug-likeness (QED) is 0.739. The number of aromatic nitrogens is 3. The Morgan fingerprint density at radius 2 is 1.96 bits per heavy atom. The van der Waals surface area contributed by atoms with E-state index in [1.54, 1.807) is 16.8 Å². The van der Waals surface area contributed by atoms with E-state index in [1.807, 2.05) is 6.92 Å². The molecule has 6 nitrogen and oxygen atoms in total. The standard InChI is InChI=1S/C21H21FN4O2/c1-14-2-4-15(5-3-14)10-11-23-21(27)20-18-13-28-19(12-26(18)25-24-20)16-6-8-17(22)9-7-16/h2-9,19H,10-13H2,1H3,(H,23,27)/t19-/m1/s1. The first kappa shape index (κ1) is 18.3. The molecule has 1 aliphatic heterocycles. The van der Waals surface area contributed by atoms with Gasteiger partial charge >= 0.3 is 0 Å². The summed E-state index contributed by atoms with van der Waals surface area (Å²) in [7, 11) is 0. The lowest BCUT2D eigenvalue weighted by atomic mass is 10.1. The predicted molar refractivity (Wildman–Crippen MR) is 101 cm³/mol. The van der Waals surface area contributed by atoms with E-state index in [1.165, 1.54) is 23.3 Å². The van der Waals surface area contributed by atoms with Crippen LogP contribution in [0.1, 0.15) is 39.0 Å². The summed E-state index contributed by atoms with van der Waals surface area (Å²) in [5, 5.41) is 11.0. The molecule has 0 saturated carbocycles. The van der Waals surface area contributed by atoms with Crippen LogP contribution in [-0.2, 0) is 24.3 Å². The molecule has 1 aliphatic rings. The Labute approximate surface area is 162 Å². The van der Waals surface area contributed by atoms with Gasteiger partial charge in [0.25, 0.3) is 5.91 Å². The summed E-state index contributed by atoms with van der Waals surface area (Å²) >= 11 is 0. The maximum absolute atomic E-state index is 13.1. The van der Waals surface area contributed by atoms with E-state index < -0.39 is 0 Å². The Bertz CT molecular complexity index is 967. The molecule has 4 rings (SSSR count). The number of aryl methyl sites for hydroxylation is 1. The number of ether oxygens (including phenoxy) is 1. The molecule has 0 spiro atoms. The van der Waals surface area contributed by atoms with Crippen molar-refractivity contribution in [1.82, 2.24) is 20.3 Å². The average Bonchev–Trinajstić information content (AvgIpc) is 3.13. The van der Waals surface area contributed by atoms with Crippen LogP contribution in [0.3, 0.4) is 0 Å². The molecule has 0 radical (unpaired) electrons. The highest BCUT2D eigenvalue weighted by Crippen LogP contribution is 2.27. The number of hydrogen-bond donors (Lipinski definition) is 1. The third-order valence-electron chi connectivity index (χ3n) is 4.87. The van der Waals surface area contributed by atoms with Crippen molar-refractivity contribution in [2.24, 2.45) is 0 Å². The second-order valence-electron chi connectivity index (χ2n) is 6.91. The molecule has 2 heterocycles. The van der Waals surface area contributed by atoms with Crippen LogP contribution in [0.25, 0.3) is 0 Å². The third kappa shape index (κ3) is 3.94. The number of hydrogen-bond acceptors (Lipinski definition) is 4. The van der Waals surface area contributed by atoms with Crippen molar-refractivity contribution in [3.05, 3.63) is 82.4 Å². The van der Waals surface area contributed by atoms with Gasteiger partial charge in [-0.2, -0.15) is 0 Å². The Morgan fingerprint density at radius 1 is 1.21 bits per heavy atom. The number of rotatable bonds is 5. The van der Waals surface area contributed by atoms with Gasteiger partial charge in [0.2, 0.25) is 0 Å². The maximum Gasteiger partial charge on any atom is 0.273 e. The first-order valence-corrected chi connectivity index (χ1v) is 9.23. The molecule has 0 saturated heterocycles. The fourth-order valence-corrected chi connectivity index (χ4v) is 3.23. The number of benzene rings is 2. The summed E-state index contributed by atoms with van der Waals surface area (Å²) in [6, 6.07) is 14.4. The molecule has 0 fully saturated rings. The normalized spacial score (nSPS) is 15.9. The first-order valence-electron chi connectivity index (χ1n) is 9.23. The van der Waals surface area contributed by atoms with Crippen LogP contribution in [-0.4, -0.2) is 27.4 Å². The van der Waals surface area contributed by atoms with Gasteiger partial charge in [0.1, 0.15) is 11.9 Å². The average molecular weight is 380 g/mol. The van der Waals surface area contributed by atoms with Crippen molar-refractivity contribution in [1.29, 1.82) is 0 Å². The van der Waals surface area contributed by atoms with Gasteiger partial charge in [0, 0.05) is 6.54 Å². The summed E-state index contributed by atoms with van der Waals surface area (Å²) in [5.41, 5.74) is 4.20. The minimum Gasteiger partial charge on any atom is -0.365 e. The number of carbonyl (C=O) groups is 1. The lowest BCUT2D eigenvalue weighted by molar-refractivity contribution is -0.00180. The van der Waals surface area contributed by atoms with E-state index in [-0.39, 0.29) is 24.4 Å². The lowest BCUT2D eigenvalue weighted by Crippen LogP contribution is -2.29. The van der Waals surface area contributed by atoms with Gasteiger partial charge in [0.05, 0.1) is 18.8 Å². The van der Waals surface area contributed by atoms with Crippen molar-refractivity contribution in [2.75, 3.05) is 6.54 Å². The minimum absolute atomic E-state index is 0.232. The molecule has 0 unspecified atom stereocenters. The molecule has 1 aromatic heterocycles. The number of nitrogens with one attached hydrogen (secondary N) is 1. The summed E-state index contributed by atoms with van der Waals surface area (Å²) < 4.78 is 20.6. The van der Waals surface area contributed by atoms with E-state index in [0.717, 1.165) is 12.0 Å². The Hall–Kier alpha value is -3.06. The number of fused-ring (bicyclic) bond motifs is 1. The minimum atomic E-state index is -0.286. The molecular formula is C21H21FN4O2. The molecule has 0 aliphatic carbocycles. The third-order valence-corrected chi connectivity index (χ3v) is 4.87. The summed E-state index contributed by atoms with van der Waals surface area (Å²) in [4.78, 5) is 12.5. The summed E-state index contributed by atoms with van der Waals surface area (Å²) in [5.74, 6) is -0.539. The van der Waals surface area contributed by atoms with Gasteiger partial charge in [-0.25, -0.2) is 9.07 Å². The molecule has 0 bridgehead atoms. The number of carbonyl (C=O) groups excluding carboxylic acids is 1. The Kier molecular flexibility index (Phi) is 5.16. The van der Waals surface area contributed by atoms with Gasteiger partial charge in [-0.3, -0.25) is 4.79 Å². The van der Waals surface area contributed by atoms with Crippen LogP contribution in [0, 0.1) is 12.7 Å². The van der Waals surface area contributed by atoms with Gasteiger partial charge in [-0.15, -0.1) is 5.10 Å². The highest BCUT2D eigenvalue weighted by molar-refractivity contribution is 5.93. The fraction of sp³-hybridized carbons (Fsp3) is 0.286. The van der Waals surface area contributed by atoms with Gasteiger partial charge in [0.15, 0.2) is 5.69 Å². The van der Waals surface area contributed by atoms with Crippen molar-refractivity contribution in [3.8, 4) is 0 Å². The van der Waals surface area contributed by atoms with Crippen LogP contribution in [0.2, 0.25) is 0 Å². The topological polar surface area (TPSA) is 69.0 Å². The fourth-order valence-electron chi connectivity index (χ4n) is 3.23. The zero-order chi connectivity index (χ0) is 19.5. The smallest absolute Gasteiger partial charge is 0.273 e. The summed E-state index contributed by atoms with van der Waals surface area (Å²) in [6.07, 6.45) is 0.505. The van der Waals surface area contributed by atoms with Crippen LogP contribution in [0.4, 0.5) is 4.39 Å². The predicted octanol–water partition coefficient (Wildman–Crippen LogP) is 2.97. The van der Waals surface area contributed by atoms with Gasteiger partial charge < -0.3 is 10.1 Å². The lowest BCUT2D eigenvalue weighted by Gasteiger charge is -2.24. The van der Waals surface area contributed by atoms with Crippen LogP contribution in [0.5, 0.6) is 0 Å². The summed E-state index contributed by atoms with van der Waals surface area (Å²) in [6.45, 7) is 3.23. The number of amides is 1. The van der Waals surface area contributed by atoms with Gasteiger partial charge in [-0.05, 0) is 36.6 Å². The number of nitrogens with zero attached hydrogens (tertiary/aromatic N) is 3. The molecular weight excluding hydrogens is 359 g/mol. The van der Waals surface area contributed by atoms with Gasteiger partial charge in [-0.1, -0.05) is 47.2 Å². The monoisotopic (exact) mass is 380 g/mol. The maximum atomic E-state index is 13.1. The molecule has 28 heavy (non-hydrogen) atoms. The van der Waals surface area contributed by atoms with Crippen LogP contribution >= 0.6 is 0 Å². The molecule has 1 atom stereocenters. The molecule has 7 heteroatoms. The van der Waals surface area contributed by atoms with Crippen LogP contribution < -0.4 is 5.32 Å². The molecule has 3 aromatic rings. The van der Waals surface area contributed by atoms with Crippen molar-refractivity contribution < 1.29 is 13.9 Å². The largest absolute Gasteiger partial charge is 0.365 e. The molecule has 144 valence electrons. The second-order valence-corrected chi connectivity index (χ2v) is 6.91. The number of halogens is 1. The van der Waals surface area contributed by atoms with Crippen LogP contribution in [0.15, 0.2) is 48.5 Å². The zero-order valence-electron chi connectivity index (χ0n) is 15.6. The van der Waals surface area contributed by atoms with Crippen molar-refractivity contribution in [2.45, 2.75) is 32.6 Å². The van der Waals surface area contributed by atoms with Crippen molar-refractivity contribution >= 4 is 5.91 Å². The highest BCUT2D eigenvalue weighted by Gasteiger charge is 2.27. The first-order chi connectivity index (χ1) is 13.6. The Balaban J connectivity index is 1.37. The van der Waals surface area contributed by atoms with E-state index in [9.17, 15) is 9.18 Å². The Morgan fingerprint density at radius 3 is 2.71 bits per heavy atom. The SMILES string of the molecule is Cc1ccc(CCNC(=O)c2nnn3c2CO[C@@H](c2ccc(F)cc2)C3)cc1. The molecule has 2 aromatic carbocycles. The van der Waals surface area contributed by atoms with E-state index in [4.69, 9.17) is 4.74 Å². The van der Waals surface area contributed by atoms with Crippen molar-refractivity contribution in [3.63, 3.8) is 0 Å². The second kappa shape index (κ2) is 7.90. The molecule has 1 amide bonds. The van der Waals surface area contributed by atoms with E-state index >= 15 is 0 Å². The molecule has 1 N–H and O–H groups in total. The van der Waals surface area contributed by atoms with E-state index in [2.05, 4.69) is 39.9 Å².